The van der Waals surface area contributed by atoms with Gasteiger partial charge in [-0.2, -0.15) is 8.78 Å². The van der Waals surface area contributed by atoms with Gasteiger partial charge in [-0.15, -0.1) is 0 Å². The normalized spacial score (nSPS) is 10.5. The van der Waals surface area contributed by atoms with Gasteiger partial charge in [0, 0.05) is 11.3 Å². The van der Waals surface area contributed by atoms with Crippen LogP contribution in [0.4, 0.5) is 14.5 Å². The Balaban J connectivity index is 1.72. The molecule has 0 saturated heterocycles. The zero-order chi connectivity index (χ0) is 24.2. The van der Waals surface area contributed by atoms with Crippen molar-refractivity contribution >= 4 is 35.1 Å². The van der Waals surface area contributed by atoms with Crippen LogP contribution in [0.15, 0.2) is 42.5 Å². The third-order valence-corrected chi connectivity index (χ3v) is 4.37. The number of hydrogen-bond donors (Lipinski definition) is 2. The van der Waals surface area contributed by atoms with Gasteiger partial charge >= 0.3 is 12.6 Å². The number of anilines is 1. The molecule has 0 aliphatic rings. The molecule has 0 spiro atoms. The summed E-state index contributed by atoms with van der Waals surface area (Å²) in [5.74, 6) is -1.60. The Labute approximate surface area is 194 Å². The molecule has 0 fully saturated rings. The van der Waals surface area contributed by atoms with E-state index in [9.17, 15) is 23.2 Å². The lowest BCUT2D eigenvalue weighted by molar-refractivity contribution is -0.146. The third-order valence-electron chi connectivity index (χ3n) is 4.07. The molecule has 11 heteroatoms. The molecule has 2 aromatic carbocycles. The number of ether oxygens (including phenoxy) is 3. The molecule has 2 aromatic rings. The number of nitrogens with one attached hydrogen (secondary N) is 2. The van der Waals surface area contributed by atoms with Crippen LogP contribution in [0.3, 0.4) is 0 Å². The molecular formula is C22H23ClF2N2O6. The Morgan fingerprint density at radius 1 is 1.09 bits per heavy atom. The van der Waals surface area contributed by atoms with Crippen LogP contribution in [0.1, 0.15) is 30.1 Å². The van der Waals surface area contributed by atoms with Crippen LogP contribution in [0, 0.1) is 0 Å². The van der Waals surface area contributed by atoms with Crippen molar-refractivity contribution in [1.82, 2.24) is 5.32 Å². The van der Waals surface area contributed by atoms with Gasteiger partial charge in [0.05, 0.1) is 11.6 Å². The molecule has 0 bridgehead atoms. The van der Waals surface area contributed by atoms with Gasteiger partial charge < -0.3 is 24.8 Å². The predicted molar refractivity (Wildman–Crippen MR) is 117 cm³/mol. The van der Waals surface area contributed by atoms with Crippen molar-refractivity contribution in [3.8, 4) is 11.5 Å². The maximum absolute atomic E-state index is 12.2. The summed E-state index contributed by atoms with van der Waals surface area (Å²) < 4.78 is 39.0. The van der Waals surface area contributed by atoms with E-state index in [1.807, 2.05) is 0 Å². The van der Waals surface area contributed by atoms with Crippen molar-refractivity contribution in [1.29, 1.82) is 0 Å². The molecule has 2 amide bonds. The Kier molecular flexibility index (Phi) is 10.4. The van der Waals surface area contributed by atoms with Crippen molar-refractivity contribution in [3.63, 3.8) is 0 Å². The molecule has 0 heterocycles. The van der Waals surface area contributed by atoms with E-state index in [4.69, 9.17) is 21.1 Å². The first kappa shape index (κ1) is 25.9. The van der Waals surface area contributed by atoms with Gasteiger partial charge in [-0.05, 0) is 48.9 Å². The van der Waals surface area contributed by atoms with Crippen LogP contribution in [0.5, 0.6) is 11.5 Å². The molecule has 0 radical (unpaired) electrons. The van der Waals surface area contributed by atoms with Gasteiger partial charge in [0.2, 0.25) is 0 Å². The number of carbonyl (C=O) groups is 3. The van der Waals surface area contributed by atoms with Gasteiger partial charge in [0.15, 0.2) is 6.61 Å². The van der Waals surface area contributed by atoms with Crippen molar-refractivity contribution in [2.24, 2.45) is 0 Å². The summed E-state index contributed by atoms with van der Waals surface area (Å²) in [5.41, 5.74) is 0.526. The molecule has 0 aromatic heterocycles. The largest absolute Gasteiger partial charge is 0.494 e. The minimum absolute atomic E-state index is 0.131. The van der Waals surface area contributed by atoms with Gasteiger partial charge in [-0.25, -0.2) is 0 Å². The highest BCUT2D eigenvalue weighted by Gasteiger charge is 2.13. The number of esters is 1. The highest BCUT2D eigenvalue weighted by molar-refractivity contribution is 6.32. The second-order valence-electron chi connectivity index (χ2n) is 6.64. The van der Waals surface area contributed by atoms with Crippen LogP contribution < -0.4 is 20.1 Å². The summed E-state index contributed by atoms with van der Waals surface area (Å²) in [6.07, 6.45) is 1.94. The molecule has 0 saturated carbocycles. The fourth-order valence-electron chi connectivity index (χ4n) is 2.46. The SMILES string of the molecule is CCCCOc1ccc(C(=O)NCC(=O)OCC(=O)Nc2ccc(OC(F)F)c(Cl)c2)cc1. The molecule has 178 valence electrons. The van der Waals surface area contributed by atoms with Crippen LogP contribution in [0.25, 0.3) is 0 Å². The van der Waals surface area contributed by atoms with Crippen LogP contribution in [-0.4, -0.2) is 44.2 Å². The molecule has 0 atom stereocenters. The maximum Gasteiger partial charge on any atom is 0.387 e. The highest BCUT2D eigenvalue weighted by Crippen LogP contribution is 2.28. The standard InChI is InChI=1S/C22H23ClF2N2O6/c1-2-3-10-31-16-7-4-14(5-8-16)21(30)26-12-20(29)32-13-19(28)27-15-6-9-18(17(23)11-15)33-22(24)25/h4-9,11,22H,2-3,10,12-13H2,1H3,(H,26,30)(H,27,28). The number of unbranched alkanes of at least 4 members (excludes halogenated alkanes) is 1. The average molecular weight is 485 g/mol. The smallest absolute Gasteiger partial charge is 0.387 e. The third kappa shape index (κ3) is 9.32. The Morgan fingerprint density at radius 3 is 2.45 bits per heavy atom. The van der Waals surface area contributed by atoms with Gasteiger partial charge in [0.25, 0.3) is 11.8 Å². The number of rotatable bonds is 12. The molecular weight excluding hydrogens is 462 g/mol. The fraction of sp³-hybridized carbons (Fsp3) is 0.318. The highest BCUT2D eigenvalue weighted by atomic mass is 35.5. The predicted octanol–water partition coefficient (Wildman–Crippen LogP) is 4.03. The Morgan fingerprint density at radius 2 is 1.82 bits per heavy atom. The number of carbonyl (C=O) groups excluding carboxylic acids is 3. The summed E-state index contributed by atoms with van der Waals surface area (Å²) in [6, 6.07) is 10.1. The monoisotopic (exact) mass is 484 g/mol. The number of alkyl halides is 2. The van der Waals surface area contributed by atoms with Crippen LogP contribution in [-0.2, 0) is 14.3 Å². The second-order valence-corrected chi connectivity index (χ2v) is 7.05. The first-order valence-electron chi connectivity index (χ1n) is 9.99. The molecule has 0 unspecified atom stereocenters. The van der Waals surface area contributed by atoms with Crippen LogP contribution in [0.2, 0.25) is 5.02 Å². The summed E-state index contributed by atoms with van der Waals surface area (Å²) in [7, 11) is 0. The maximum atomic E-state index is 12.2. The van der Waals surface area contributed by atoms with Gasteiger partial charge in [0.1, 0.15) is 18.0 Å². The summed E-state index contributed by atoms with van der Waals surface area (Å²) in [5, 5.41) is 4.65. The lowest BCUT2D eigenvalue weighted by Gasteiger charge is -2.10. The zero-order valence-electron chi connectivity index (χ0n) is 17.7. The van der Waals surface area contributed by atoms with Crippen molar-refractivity contribution in [3.05, 3.63) is 53.1 Å². The Bertz CT molecular complexity index is 956. The molecule has 2 rings (SSSR count). The minimum atomic E-state index is -3.04. The fourth-order valence-corrected chi connectivity index (χ4v) is 2.68. The minimum Gasteiger partial charge on any atom is -0.494 e. The van der Waals surface area contributed by atoms with E-state index in [1.54, 1.807) is 24.3 Å². The average Bonchev–Trinajstić information content (AvgIpc) is 2.78. The number of halogens is 3. The Hall–Kier alpha value is -3.40. The zero-order valence-corrected chi connectivity index (χ0v) is 18.5. The lowest BCUT2D eigenvalue weighted by atomic mass is 10.2. The van der Waals surface area contributed by atoms with E-state index in [0.29, 0.717) is 17.9 Å². The van der Waals surface area contributed by atoms with E-state index in [0.717, 1.165) is 18.9 Å². The first-order chi connectivity index (χ1) is 15.8. The van der Waals surface area contributed by atoms with Gasteiger partial charge in [-0.1, -0.05) is 24.9 Å². The molecule has 0 aliphatic carbocycles. The van der Waals surface area contributed by atoms with Crippen molar-refractivity contribution in [2.75, 3.05) is 25.1 Å². The number of amides is 2. The number of hydrogen-bond acceptors (Lipinski definition) is 6. The second kappa shape index (κ2) is 13.2. The number of benzene rings is 2. The summed E-state index contributed by atoms with van der Waals surface area (Å²) in [6.45, 7) is -1.45. The van der Waals surface area contributed by atoms with E-state index in [-0.39, 0.29) is 16.5 Å². The van der Waals surface area contributed by atoms with Crippen molar-refractivity contribution < 1.29 is 37.4 Å². The molecule has 2 N–H and O–H groups in total. The molecule has 0 aliphatic heterocycles. The summed E-state index contributed by atoms with van der Waals surface area (Å²) >= 11 is 5.80. The topological polar surface area (TPSA) is 103 Å². The van der Waals surface area contributed by atoms with E-state index >= 15 is 0 Å². The van der Waals surface area contributed by atoms with Crippen molar-refractivity contribution in [2.45, 2.75) is 26.4 Å². The van der Waals surface area contributed by atoms with Gasteiger partial charge in [-0.3, -0.25) is 14.4 Å². The molecule has 8 nitrogen and oxygen atoms in total. The van der Waals surface area contributed by atoms with Crippen LogP contribution >= 0.6 is 11.6 Å². The first-order valence-corrected chi connectivity index (χ1v) is 10.4. The quantitative estimate of drug-likeness (QED) is 0.348. The van der Waals surface area contributed by atoms with E-state index in [2.05, 4.69) is 22.3 Å². The van der Waals surface area contributed by atoms with E-state index < -0.39 is 37.5 Å². The summed E-state index contributed by atoms with van der Waals surface area (Å²) in [4.78, 5) is 35.8. The molecule has 33 heavy (non-hydrogen) atoms. The van der Waals surface area contributed by atoms with E-state index in [1.165, 1.54) is 12.1 Å². The lowest BCUT2D eigenvalue weighted by Crippen LogP contribution is -2.32.